The maximum atomic E-state index is 15.3. The van der Waals surface area contributed by atoms with Crippen molar-refractivity contribution in [3.05, 3.63) is 104 Å². The molecule has 0 radical (unpaired) electrons. The molecule has 26 heteroatoms. The molecule has 2 aliphatic rings. The Labute approximate surface area is 597 Å². The number of aryl methyl sites for hydroxylation is 1. The van der Waals surface area contributed by atoms with E-state index in [0.29, 0.717) is 49.0 Å². The van der Waals surface area contributed by atoms with Gasteiger partial charge in [-0.1, -0.05) is 120 Å². The van der Waals surface area contributed by atoms with E-state index in [2.05, 4.69) is 43.9 Å². The highest BCUT2D eigenvalue weighted by atomic mass is 127. The highest BCUT2D eigenvalue weighted by molar-refractivity contribution is 14.1. The summed E-state index contributed by atoms with van der Waals surface area (Å²) in [5.41, 5.74) is 0.939. The summed E-state index contributed by atoms with van der Waals surface area (Å²) in [7, 11) is 9.77. The molecule has 24 nitrogen and oxygen atoms in total. The average molecular weight is 1490 g/mol. The predicted octanol–water partition coefficient (Wildman–Crippen LogP) is 4.87. The lowest BCUT2D eigenvalue weighted by Gasteiger charge is -2.39. The Morgan fingerprint density at radius 3 is 1.78 bits per heavy atom. The van der Waals surface area contributed by atoms with Gasteiger partial charge in [0.05, 0.1) is 26.1 Å². The van der Waals surface area contributed by atoms with E-state index in [0.717, 1.165) is 35.2 Å². The minimum atomic E-state index is -1.78. The largest absolute Gasteiger partial charge is 0.342 e. The van der Waals surface area contributed by atoms with Gasteiger partial charge in [-0.25, -0.2) is 0 Å². The molecule has 1 unspecified atom stereocenters. The predicted molar refractivity (Wildman–Crippen MR) is 383 cm³/mol. The van der Waals surface area contributed by atoms with Gasteiger partial charge in [-0.2, -0.15) is 0 Å². The summed E-state index contributed by atoms with van der Waals surface area (Å²) < 4.78 is 0.825. The highest BCUT2D eigenvalue weighted by Crippen LogP contribution is 2.25. The Kier molecular flexibility index (Phi) is 30.5. The number of likely N-dealkylation sites (tertiary alicyclic amines) is 1. The first-order valence-electron chi connectivity index (χ1n) is 33.8. The number of nitrogens with zero attached hydrogens (tertiary/aromatic N) is 8. The van der Waals surface area contributed by atoms with Crippen molar-refractivity contribution in [2.75, 3.05) is 82.1 Å². The van der Waals surface area contributed by atoms with Crippen LogP contribution in [-0.2, 0) is 76.8 Å². The summed E-state index contributed by atoms with van der Waals surface area (Å²) in [6.45, 7) is 14.9. The molecule has 2 aliphatic heterocycles. The van der Waals surface area contributed by atoms with Crippen LogP contribution in [0.15, 0.2) is 72.8 Å². The van der Waals surface area contributed by atoms with Crippen LogP contribution < -0.4 is 21.3 Å². The SMILES string of the molecule is CC[C@H](C)[C@@H]1NC(=O)[C@H](CC(C)C)N(C)C(=O)CC(C(=O)N2CCCCC2)N(C)C(=O)[C@H](CC(C)C)NC(=O)C(C)(C)N(C)C(=O)[C@H](Cc2ccccc2Cl)NC(=O)[C@H](Cc2cccc(I)c2)NC(=O)CN(C)C(=O)[C@H](Cc2ccc(C)cc2)N(C)C(=O)CN(C)C(=O)CN(C)C1=O. The van der Waals surface area contributed by atoms with Gasteiger partial charge in [-0.15, -0.1) is 0 Å². The van der Waals surface area contributed by atoms with Gasteiger partial charge in [-0.3, -0.25) is 57.5 Å². The van der Waals surface area contributed by atoms with Gasteiger partial charge in [0.25, 0.3) is 0 Å². The second kappa shape index (κ2) is 36.9. The molecule has 3 aromatic carbocycles. The van der Waals surface area contributed by atoms with E-state index in [-0.39, 0.29) is 49.0 Å². The molecule has 4 N–H and O–H groups in total. The first-order chi connectivity index (χ1) is 46.0. The first-order valence-corrected chi connectivity index (χ1v) is 35.3. The molecule has 2 saturated heterocycles. The number of halogens is 2. The number of carbonyl (C=O) groups is 12. The third-order valence-electron chi connectivity index (χ3n) is 18.8. The lowest BCUT2D eigenvalue weighted by atomic mass is 9.95. The fourth-order valence-corrected chi connectivity index (χ4v) is 12.7. The summed E-state index contributed by atoms with van der Waals surface area (Å²) in [6.07, 6.45) is 1.97. The Morgan fingerprint density at radius 1 is 0.571 bits per heavy atom. The molecule has 12 amide bonds. The van der Waals surface area contributed by atoms with Gasteiger partial charge in [0.15, 0.2) is 0 Å². The summed E-state index contributed by atoms with van der Waals surface area (Å²) >= 11 is 8.86. The number of rotatable bonds is 13. The lowest BCUT2D eigenvalue weighted by molar-refractivity contribution is -0.152. The molecular formula is C72H104ClIN12O12. The van der Waals surface area contributed by atoms with Gasteiger partial charge in [-0.05, 0) is 128 Å². The number of piperidine rings is 1. The number of benzene rings is 3. The average Bonchev–Trinajstić information content (AvgIpc) is 0.807. The molecule has 2 fully saturated rings. The van der Waals surface area contributed by atoms with E-state index < -0.39 is 151 Å². The second-order valence-electron chi connectivity index (χ2n) is 27.8. The van der Waals surface area contributed by atoms with Crippen molar-refractivity contribution in [3.63, 3.8) is 0 Å². The van der Waals surface area contributed by atoms with Gasteiger partial charge < -0.3 is 60.5 Å². The maximum absolute atomic E-state index is 15.3. The number of amides is 12. The lowest BCUT2D eigenvalue weighted by Crippen LogP contribution is -2.64. The van der Waals surface area contributed by atoms with Gasteiger partial charge in [0.2, 0.25) is 70.9 Å². The van der Waals surface area contributed by atoms with Crippen LogP contribution in [0.4, 0.5) is 0 Å². The summed E-state index contributed by atoms with van der Waals surface area (Å²) in [6, 6.07) is 12.1. The van der Waals surface area contributed by atoms with Crippen LogP contribution in [0.1, 0.15) is 123 Å². The highest BCUT2D eigenvalue weighted by Gasteiger charge is 2.44. The number of nitrogens with one attached hydrogen (secondary N) is 4. The van der Waals surface area contributed by atoms with Crippen molar-refractivity contribution in [3.8, 4) is 0 Å². The summed E-state index contributed by atoms with van der Waals surface area (Å²) in [5, 5.41) is 11.7. The molecule has 0 aliphatic carbocycles. The van der Waals surface area contributed by atoms with Crippen LogP contribution in [0.5, 0.6) is 0 Å². The van der Waals surface area contributed by atoms with Crippen molar-refractivity contribution in [1.82, 2.24) is 60.5 Å². The molecule has 0 saturated carbocycles. The van der Waals surface area contributed by atoms with Crippen LogP contribution in [-0.4, -0.2) is 240 Å². The van der Waals surface area contributed by atoms with Crippen LogP contribution in [0.2, 0.25) is 5.02 Å². The zero-order valence-corrected chi connectivity index (χ0v) is 63.0. The van der Waals surface area contributed by atoms with Crippen molar-refractivity contribution < 1.29 is 57.5 Å². The molecule has 2 heterocycles. The molecule has 0 bridgehead atoms. The van der Waals surface area contributed by atoms with Crippen LogP contribution in [0, 0.1) is 28.2 Å². The molecule has 5 rings (SSSR count). The molecule has 538 valence electrons. The number of hydrogen-bond donors (Lipinski definition) is 4. The number of likely N-dealkylation sites (N-methyl/N-ethyl adjacent to an activating group) is 7. The normalized spacial score (nSPS) is 23.4. The standard InChI is InChI=1S/C72H104ClIN12O12/c1-17-47(7)63-70(97)81(12)42-61(89)79(10)43-62(90)83(14)57(38-48-30-28-46(6)29-31-48)68(95)80(11)41-59(87)75-53(37-49-24-23-26-51(74)36-49)64(91)76-55(39-50-25-19-20-27-52(50)73)67(94)85(16)72(8,9)71(98)77-54(34-44(2)3)66(93)84(15)58(69(96)86-32-21-18-22-33-86)40-60(88)82(13)56(35-45(4)5)65(92)78-63/h19-20,23-31,36,44-45,47,53-58,63H,17-18,21-22,32-35,37-43H2,1-16H3,(H,75,87)(H,76,91)(H,77,98)(H,78,92)/t47-,53-,54-,55-,56-,57-,58?,63-/m0/s1. The van der Waals surface area contributed by atoms with Crippen molar-refractivity contribution >= 4 is 105 Å². The van der Waals surface area contributed by atoms with E-state index in [1.165, 1.54) is 77.9 Å². The molecule has 3 aromatic rings. The number of carbonyl (C=O) groups excluding carboxylic acids is 12. The quantitative estimate of drug-likeness (QED) is 0.167. The minimum Gasteiger partial charge on any atom is -0.342 e. The Bertz CT molecular complexity index is 3350. The topological polar surface area (TPSA) is 279 Å². The smallest absolute Gasteiger partial charge is 0.246 e. The van der Waals surface area contributed by atoms with E-state index in [1.807, 2.05) is 77.9 Å². The van der Waals surface area contributed by atoms with E-state index in [1.54, 1.807) is 48.2 Å². The third-order valence-corrected chi connectivity index (χ3v) is 19.8. The molecule has 0 spiro atoms. The van der Waals surface area contributed by atoms with Crippen molar-refractivity contribution in [2.24, 2.45) is 17.8 Å². The molecular weight excluding hydrogens is 1390 g/mol. The summed E-state index contributed by atoms with van der Waals surface area (Å²) in [5.74, 6) is -9.16. The van der Waals surface area contributed by atoms with E-state index in [4.69, 9.17) is 11.6 Å². The van der Waals surface area contributed by atoms with Gasteiger partial charge >= 0.3 is 0 Å². The Balaban J connectivity index is 1.65. The van der Waals surface area contributed by atoms with Crippen molar-refractivity contribution in [1.29, 1.82) is 0 Å². The van der Waals surface area contributed by atoms with Crippen LogP contribution >= 0.6 is 34.2 Å². The first kappa shape index (κ1) is 81.0. The molecule has 8 atom stereocenters. The minimum absolute atomic E-state index is 0.00866. The van der Waals surface area contributed by atoms with Gasteiger partial charge in [0.1, 0.15) is 47.8 Å². The van der Waals surface area contributed by atoms with Gasteiger partial charge in [0, 0.05) is 90.3 Å². The molecule has 0 aromatic heterocycles. The number of hydrogen-bond acceptors (Lipinski definition) is 12. The zero-order valence-electron chi connectivity index (χ0n) is 60.0. The van der Waals surface area contributed by atoms with Crippen molar-refractivity contribution in [2.45, 2.75) is 174 Å². The van der Waals surface area contributed by atoms with Crippen LogP contribution in [0.3, 0.4) is 0 Å². The summed E-state index contributed by atoms with van der Waals surface area (Å²) in [4.78, 5) is 187. The second-order valence-corrected chi connectivity index (χ2v) is 29.5. The Hall–Kier alpha value is -7.68. The van der Waals surface area contributed by atoms with E-state index >= 15 is 19.2 Å². The Morgan fingerprint density at radius 2 is 1.17 bits per heavy atom. The fourth-order valence-electron chi connectivity index (χ4n) is 11.9. The molecule has 98 heavy (non-hydrogen) atoms. The zero-order chi connectivity index (χ0) is 73.2. The fraction of sp³-hybridized carbons (Fsp3) is 0.583. The third kappa shape index (κ3) is 22.4. The maximum Gasteiger partial charge on any atom is 0.246 e. The monoisotopic (exact) mass is 1490 g/mol. The van der Waals surface area contributed by atoms with E-state index in [9.17, 15) is 38.4 Å². The van der Waals surface area contributed by atoms with Crippen LogP contribution in [0.25, 0.3) is 0 Å².